The molecule has 0 fully saturated rings. The molecule has 1 aliphatic heterocycles. The van der Waals surface area contributed by atoms with Gasteiger partial charge in [-0.3, -0.25) is 19.5 Å². The van der Waals surface area contributed by atoms with Crippen molar-refractivity contribution in [2.24, 2.45) is 4.99 Å². The number of hydrogen-bond acceptors (Lipinski definition) is 7. The number of ether oxygens (including phenoxy) is 1. The second kappa shape index (κ2) is 8.72. The highest BCUT2D eigenvalue weighted by Crippen LogP contribution is 2.31. The van der Waals surface area contributed by atoms with E-state index in [-0.39, 0.29) is 11.2 Å². The van der Waals surface area contributed by atoms with Crippen LogP contribution in [0, 0.1) is 10.1 Å². The molecule has 1 atom stereocenters. The van der Waals surface area contributed by atoms with Gasteiger partial charge in [0.05, 0.1) is 33.9 Å². The third-order valence-corrected chi connectivity index (χ3v) is 6.15. The van der Waals surface area contributed by atoms with E-state index >= 15 is 0 Å². The summed E-state index contributed by atoms with van der Waals surface area (Å²) in [4.78, 5) is 41.6. The summed E-state index contributed by atoms with van der Waals surface area (Å²) < 4.78 is 6.96. The average molecular weight is 449 g/mol. The van der Waals surface area contributed by atoms with Crippen molar-refractivity contribution in [3.05, 3.63) is 107 Å². The first kappa shape index (κ1) is 21.4. The lowest BCUT2D eigenvalue weighted by molar-refractivity contribution is -0.384. The van der Waals surface area contributed by atoms with Crippen molar-refractivity contribution in [1.82, 2.24) is 4.57 Å². The number of methoxy groups -OCH3 is 1. The van der Waals surface area contributed by atoms with Gasteiger partial charge in [-0.15, -0.1) is 0 Å². The van der Waals surface area contributed by atoms with Gasteiger partial charge in [0.1, 0.15) is 0 Å². The topological polar surface area (TPSA) is 104 Å². The van der Waals surface area contributed by atoms with E-state index in [4.69, 9.17) is 4.74 Å². The Hall–Kier alpha value is -3.85. The zero-order chi connectivity index (χ0) is 22.8. The maximum absolute atomic E-state index is 13.4. The monoisotopic (exact) mass is 449 g/mol. The average Bonchev–Trinajstić information content (AvgIpc) is 3.12. The molecule has 2 aromatic carbocycles. The van der Waals surface area contributed by atoms with Gasteiger partial charge in [-0.1, -0.05) is 48.6 Å². The van der Waals surface area contributed by atoms with Gasteiger partial charge in [-0.05, 0) is 35.8 Å². The van der Waals surface area contributed by atoms with E-state index in [2.05, 4.69) is 4.99 Å². The predicted molar refractivity (Wildman–Crippen MR) is 120 cm³/mol. The fraction of sp³-hybridized carbons (Fsp3) is 0.174. The van der Waals surface area contributed by atoms with Gasteiger partial charge in [-0.2, -0.15) is 0 Å². The summed E-state index contributed by atoms with van der Waals surface area (Å²) in [5, 5.41) is 10.9. The highest BCUT2D eigenvalue weighted by molar-refractivity contribution is 7.07. The largest absolute Gasteiger partial charge is 0.466 e. The number of thiazole rings is 1. The van der Waals surface area contributed by atoms with Crippen molar-refractivity contribution in [3.63, 3.8) is 0 Å². The van der Waals surface area contributed by atoms with E-state index < -0.39 is 16.9 Å². The number of nitro groups is 1. The number of non-ortho nitro benzene ring substituents is 1. The Balaban J connectivity index is 1.94. The summed E-state index contributed by atoms with van der Waals surface area (Å²) in [6.07, 6.45) is 2.17. The van der Waals surface area contributed by atoms with Crippen LogP contribution in [0.15, 0.2) is 75.7 Å². The van der Waals surface area contributed by atoms with Crippen LogP contribution in [-0.2, 0) is 9.53 Å². The van der Waals surface area contributed by atoms with Crippen LogP contribution in [0.2, 0.25) is 0 Å². The molecule has 0 saturated heterocycles. The van der Waals surface area contributed by atoms with Gasteiger partial charge < -0.3 is 4.74 Å². The summed E-state index contributed by atoms with van der Waals surface area (Å²) >= 11 is 1.21. The number of nitrogens with zero attached hydrogens (tertiary/aromatic N) is 3. The normalized spacial score (nSPS) is 15.8. The lowest BCUT2D eigenvalue weighted by Gasteiger charge is -2.25. The molecule has 0 aliphatic carbocycles. The SMILES string of the molecule is CCC1=C(C(=O)OC)[C@H](c2ccccc2)n2c(s/c(=C\c3ccc([N+](=O)[O-])cc3)c2=O)=N1. The maximum atomic E-state index is 13.4. The first-order valence-corrected chi connectivity index (χ1v) is 10.7. The summed E-state index contributed by atoms with van der Waals surface area (Å²) in [6.45, 7) is 1.90. The summed E-state index contributed by atoms with van der Waals surface area (Å²) in [5.74, 6) is -0.524. The number of benzene rings is 2. The molecule has 4 rings (SSSR count). The Morgan fingerprint density at radius 1 is 1.22 bits per heavy atom. The third kappa shape index (κ3) is 3.78. The molecule has 3 aromatic rings. The Kier molecular flexibility index (Phi) is 5.83. The highest BCUT2D eigenvalue weighted by Gasteiger charge is 2.33. The number of hydrogen-bond donors (Lipinski definition) is 0. The van der Waals surface area contributed by atoms with Crippen LogP contribution in [0.5, 0.6) is 0 Å². The smallest absolute Gasteiger partial charge is 0.338 e. The highest BCUT2D eigenvalue weighted by atomic mass is 32.1. The van der Waals surface area contributed by atoms with Gasteiger partial charge in [0.15, 0.2) is 4.80 Å². The third-order valence-electron chi connectivity index (χ3n) is 5.17. The predicted octanol–water partition coefficient (Wildman–Crippen LogP) is 2.71. The van der Waals surface area contributed by atoms with E-state index in [9.17, 15) is 19.7 Å². The van der Waals surface area contributed by atoms with E-state index in [1.165, 1.54) is 35.1 Å². The van der Waals surface area contributed by atoms with E-state index in [0.29, 0.717) is 32.6 Å². The Morgan fingerprint density at radius 3 is 2.50 bits per heavy atom. The van der Waals surface area contributed by atoms with Crippen molar-refractivity contribution in [2.45, 2.75) is 19.4 Å². The summed E-state index contributed by atoms with van der Waals surface area (Å²) in [7, 11) is 1.31. The van der Waals surface area contributed by atoms with Gasteiger partial charge in [-0.25, -0.2) is 9.79 Å². The summed E-state index contributed by atoms with van der Waals surface area (Å²) in [6, 6.07) is 14.6. The minimum absolute atomic E-state index is 0.0250. The molecule has 0 radical (unpaired) electrons. The molecule has 1 aromatic heterocycles. The second-order valence-electron chi connectivity index (χ2n) is 7.05. The molecule has 32 heavy (non-hydrogen) atoms. The number of carbonyl (C=O) groups is 1. The van der Waals surface area contributed by atoms with Crippen LogP contribution in [0.4, 0.5) is 5.69 Å². The van der Waals surface area contributed by atoms with E-state index in [1.807, 2.05) is 37.3 Å². The standard InChI is InChI=1S/C23H19N3O5S/c1-3-17-19(22(28)31-2)20(15-7-5-4-6-8-15)25-21(27)18(32-23(25)24-17)13-14-9-11-16(12-10-14)26(29)30/h4-13,20H,3H2,1-2H3/b18-13-/t20-/m0/s1. The van der Waals surface area contributed by atoms with Crippen molar-refractivity contribution in [3.8, 4) is 0 Å². The van der Waals surface area contributed by atoms with Crippen molar-refractivity contribution < 1.29 is 14.5 Å². The number of fused-ring (bicyclic) bond motifs is 1. The lowest BCUT2D eigenvalue weighted by Crippen LogP contribution is -2.40. The van der Waals surface area contributed by atoms with Gasteiger partial charge in [0, 0.05) is 12.1 Å². The first-order valence-electron chi connectivity index (χ1n) is 9.87. The Labute approximate surface area is 186 Å². The minimum Gasteiger partial charge on any atom is -0.466 e. The Morgan fingerprint density at radius 2 is 1.91 bits per heavy atom. The number of allylic oxidation sites excluding steroid dienone is 1. The number of nitro benzene ring substituents is 1. The number of aromatic nitrogens is 1. The Bertz CT molecular complexity index is 1400. The fourth-order valence-corrected chi connectivity index (χ4v) is 4.68. The molecule has 0 bridgehead atoms. The molecule has 0 saturated carbocycles. The summed E-state index contributed by atoms with van der Waals surface area (Å²) in [5.41, 5.74) is 2.03. The van der Waals surface area contributed by atoms with E-state index in [1.54, 1.807) is 18.2 Å². The van der Waals surface area contributed by atoms with Crippen molar-refractivity contribution in [2.75, 3.05) is 7.11 Å². The lowest BCUT2D eigenvalue weighted by atomic mass is 9.95. The number of rotatable bonds is 5. The van der Waals surface area contributed by atoms with Crippen LogP contribution in [0.25, 0.3) is 6.08 Å². The molecule has 162 valence electrons. The molecule has 0 N–H and O–H groups in total. The molecule has 1 aliphatic rings. The van der Waals surface area contributed by atoms with Crippen molar-refractivity contribution >= 4 is 29.1 Å². The number of esters is 1. The number of carbonyl (C=O) groups excluding carboxylic acids is 1. The van der Waals surface area contributed by atoms with Crippen LogP contribution in [0.3, 0.4) is 0 Å². The zero-order valence-corrected chi connectivity index (χ0v) is 18.2. The quantitative estimate of drug-likeness (QED) is 0.338. The fourth-order valence-electron chi connectivity index (χ4n) is 3.66. The van der Waals surface area contributed by atoms with Crippen molar-refractivity contribution in [1.29, 1.82) is 0 Å². The van der Waals surface area contributed by atoms with Gasteiger partial charge in [0.25, 0.3) is 11.2 Å². The molecular formula is C23H19N3O5S. The molecule has 0 unspecified atom stereocenters. The van der Waals surface area contributed by atoms with Crippen LogP contribution >= 0.6 is 11.3 Å². The van der Waals surface area contributed by atoms with Gasteiger partial charge >= 0.3 is 5.97 Å². The molecule has 2 heterocycles. The minimum atomic E-state index is -0.658. The van der Waals surface area contributed by atoms with Gasteiger partial charge in [0.2, 0.25) is 0 Å². The van der Waals surface area contributed by atoms with E-state index in [0.717, 1.165) is 5.56 Å². The zero-order valence-electron chi connectivity index (χ0n) is 17.3. The maximum Gasteiger partial charge on any atom is 0.338 e. The molecular weight excluding hydrogens is 430 g/mol. The first-order chi connectivity index (χ1) is 15.4. The van der Waals surface area contributed by atoms with Crippen LogP contribution in [-0.4, -0.2) is 22.6 Å². The molecule has 9 heteroatoms. The second-order valence-corrected chi connectivity index (χ2v) is 8.06. The molecule has 0 amide bonds. The van der Waals surface area contributed by atoms with Crippen LogP contribution < -0.4 is 14.9 Å². The molecule has 8 nitrogen and oxygen atoms in total. The van der Waals surface area contributed by atoms with Crippen LogP contribution in [0.1, 0.15) is 30.5 Å². The molecule has 0 spiro atoms.